The van der Waals surface area contributed by atoms with E-state index in [-0.39, 0.29) is 18.7 Å². The van der Waals surface area contributed by atoms with Crippen LogP contribution in [0.4, 0.5) is 0 Å². The lowest BCUT2D eigenvalue weighted by molar-refractivity contribution is -0.174. The molecule has 0 N–H and O–H groups in total. The molecule has 33 heavy (non-hydrogen) atoms. The summed E-state index contributed by atoms with van der Waals surface area (Å²) in [5.74, 6) is -1.10. The first-order valence-electron chi connectivity index (χ1n) is 13.0. The van der Waals surface area contributed by atoms with E-state index in [0.29, 0.717) is 18.7 Å². The summed E-state index contributed by atoms with van der Waals surface area (Å²) >= 11 is 0. The van der Waals surface area contributed by atoms with Crippen LogP contribution < -0.4 is 0 Å². The van der Waals surface area contributed by atoms with Crippen molar-refractivity contribution >= 4 is 5.97 Å². The third-order valence-corrected chi connectivity index (χ3v) is 6.04. The van der Waals surface area contributed by atoms with Gasteiger partial charge in [-0.1, -0.05) is 70.4 Å². The van der Waals surface area contributed by atoms with E-state index in [9.17, 15) is 4.79 Å². The summed E-state index contributed by atoms with van der Waals surface area (Å²) in [4.78, 5) is 20.3. The Morgan fingerprint density at radius 1 is 1.03 bits per heavy atom. The Morgan fingerprint density at radius 2 is 1.70 bits per heavy atom. The third kappa shape index (κ3) is 11.8. The van der Waals surface area contributed by atoms with E-state index >= 15 is 0 Å². The standard InChI is InChI=1S/C27H44N2O4/c1-3-4-5-6-7-8-9-10-11-12-13-14-15-16-17-18-26(30)31-22-24-23-32-27(2,33-24)25-21-28-19-20-29-25/h10-11,19-21,24H,3-9,12-18,22-23H2,1-2H3/b11-10-. The van der Waals surface area contributed by atoms with Gasteiger partial charge in [-0.15, -0.1) is 0 Å². The summed E-state index contributed by atoms with van der Waals surface area (Å²) < 4.78 is 17.0. The molecule has 2 heterocycles. The predicted octanol–water partition coefficient (Wildman–Crippen LogP) is 6.65. The highest BCUT2D eigenvalue weighted by Gasteiger charge is 2.40. The van der Waals surface area contributed by atoms with Crippen molar-refractivity contribution in [2.24, 2.45) is 0 Å². The van der Waals surface area contributed by atoms with Crippen LogP contribution in [0.1, 0.15) is 109 Å². The minimum Gasteiger partial charge on any atom is -0.463 e. The summed E-state index contributed by atoms with van der Waals surface area (Å²) in [7, 11) is 0. The quantitative estimate of drug-likeness (QED) is 0.139. The number of unbranched alkanes of at least 4 members (excludes halogenated alkanes) is 11. The minimum atomic E-state index is -0.936. The average molecular weight is 461 g/mol. The first-order chi connectivity index (χ1) is 16.1. The molecule has 1 aliphatic rings. The van der Waals surface area contributed by atoms with Gasteiger partial charge in [0.05, 0.1) is 12.8 Å². The Bertz CT molecular complexity index is 667. The van der Waals surface area contributed by atoms with Gasteiger partial charge < -0.3 is 14.2 Å². The Morgan fingerprint density at radius 3 is 2.36 bits per heavy atom. The topological polar surface area (TPSA) is 70.5 Å². The Balaban J connectivity index is 1.40. The fourth-order valence-electron chi connectivity index (χ4n) is 3.99. The Hall–Kier alpha value is -1.79. The number of allylic oxidation sites excluding steroid dienone is 2. The van der Waals surface area contributed by atoms with Gasteiger partial charge in [-0.2, -0.15) is 0 Å². The molecular weight excluding hydrogens is 416 g/mol. The van der Waals surface area contributed by atoms with E-state index in [0.717, 1.165) is 12.8 Å². The second kappa shape index (κ2) is 16.8. The van der Waals surface area contributed by atoms with Crippen molar-refractivity contribution in [1.82, 2.24) is 9.97 Å². The Labute approximate surface area is 200 Å². The van der Waals surface area contributed by atoms with E-state index < -0.39 is 5.79 Å². The lowest BCUT2D eigenvalue weighted by Gasteiger charge is -2.21. The van der Waals surface area contributed by atoms with E-state index in [2.05, 4.69) is 29.0 Å². The molecule has 1 saturated heterocycles. The van der Waals surface area contributed by atoms with E-state index in [4.69, 9.17) is 14.2 Å². The second-order valence-electron chi connectivity index (χ2n) is 9.10. The Kier molecular flexibility index (Phi) is 13.9. The smallest absolute Gasteiger partial charge is 0.305 e. The number of aromatic nitrogens is 2. The zero-order chi connectivity index (χ0) is 23.6. The van der Waals surface area contributed by atoms with Gasteiger partial charge >= 0.3 is 5.97 Å². The van der Waals surface area contributed by atoms with Crippen molar-refractivity contribution < 1.29 is 19.0 Å². The molecule has 1 aromatic rings. The van der Waals surface area contributed by atoms with Crippen LogP contribution in [0.25, 0.3) is 0 Å². The van der Waals surface area contributed by atoms with Gasteiger partial charge in [0.2, 0.25) is 5.79 Å². The summed E-state index contributed by atoms with van der Waals surface area (Å²) in [6.45, 7) is 4.65. The van der Waals surface area contributed by atoms with E-state index in [1.54, 1.807) is 18.6 Å². The number of hydrogen-bond donors (Lipinski definition) is 0. The minimum absolute atomic E-state index is 0.163. The third-order valence-electron chi connectivity index (χ3n) is 6.04. The molecule has 0 radical (unpaired) electrons. The average Bonchev–Trinajstić information content (AvgIpc) is 3.23. The van der Waals surface area contributed by atoms with Gasteiger partial charge in [-0.3, -0.25) is 14.8 Å². The normalized spacial score (nSPS) is 20.5. The molecule has 2 atom stereocenters. The monoisotopic (exact) mass is 460 g/mol. The molecule has 0 bridgehead atoms. The van der Waals surface area contributed by atoms with Crippen LogP contribution in [0.2, 0.25) is 0 Å². The van der Waals surface area contributed by atoms with Crippen LogP contribution in [-0.2, 0) is 24.8 Å². The summed E-state index contributed by atoms with van der Waals surface area (Å²) in [5.41, 5.74) is 0.618. The largest absolute Gasteiger partial charge is 0.463 e. The van der Waals surface area contributed by atoms with Crippen LogP contribution >= 0.6 is 0 Å². The highest BCUT2D eigenvalue weighted by Crippen LogP contribution is 2.32. The highest BCUT2D eigenvalue weighted by molar-refractivity contribution is 5.69. The van der Waals surface area contributed by atoms with Crippen molar-refractivity contribution in [3.05, 3.63) is 36.4 Å². The summed E-state index contributed by atoms with van der Waals surface area (Å²) in [5, 5.41) is 0. The van der Waals surface area contributed by atoms with Crippen molar-refractivity contribution in [1.29, 1.82) is 0 Å². The van der Waals surface area contributed by atoms with Crippen LogP contribution in [0.3, 0.4) is 0 Å². The molecule has 2 unspecified atom stereocenters. The summed E-state index contributed by atoms with van der Waals surface area (Å²) in [6, 6.07) is 0. The van der Waals surface area contributed by atoms with Crippen LogP contribution in [0.5, 0.6) is 0 Å². The molecule has 6 heteroatoms. The predicted molar refractivity (Wildman–Crippen MR) is 131 cm³/mol. The number of carbonyl (C=O) groups is 1. The lowest BCUT2D eigenvalue weighted by Crippen LogP contribution is -2.27. The summed E-state index contributed by atoms with van der Waals surface area (Å²) in [6.07, 6.45) is 25.9. The van der Waals surface area contributed by atoms with Crippen LogP contribution in [-0.4, -0.2) is 35.3 Å². The highest BCUT2D eigenvalue weighted by atomic mass is 16.8. The van der Waals surface area contributed by atoms with Crippen LogP contribution in [0.15, 0.2) is 30.7 Å². The van der Waals surface area contributed by atoms with Crippen LogP contribution in [0, 0.1) is 0 Å². The molecule has 2 rings (SSSR count). The number of hydrogen-bond acceptors (Lipinski definition) is 6. The van der Waals surface area contributed by atoms with Gasteiger partial charge in [0.1, 0.15) is 18.4 Å². The fourth-order valence-corrected chi connectivity index (χ4v) is 3.99. The zero-order valence-electron chi connectivity index (χ0n) is 20.8. The van der Waals surface area contributed by atoms with E-state index in [1.165, 1.54) is 70.6 Å². The first-order valence-corrected chi connectivity index (χ1v) is 13.0. The molecule has 0 aliphatic carbocycles. The van der Waals surface area contributed by atoms with Crippen molar-refractivity contribution in [3.8, 4) is 0 Å². The maximum atomic E-state index is 12.0. The molecular formula is C27H44N2O4. The first kappa shape index (κ1) is 27.5. The number of rotatable bonds is 18. The molecule has 0 aromatic carbocycles. The zero-order valence-corrected chi connectivity index (χ0v) is 20.8. The number of ether oxygens (including phenoxy) is 3. The van der Waals surface area contributed by atoms with Gasteiger partial charge in [0, 0.05) is 18.8 Å². The molecule has 1 aliphatic heterocycles. The molecule has 1 fully saturated rings. The molecule has 0 saturated carbocycles. The fraction of sp³-hybridized carbons (Fsp3) is 0.741. The number of nitrogens with zero attached hydrogens (tertiary/aromatic N) is 2. The van der Waals surface area contributed by atoms with E-state index in [1.807, 2.05) is 6.92 Å². The maximum Gasteiger partial charge on any atom is 0.305 e. The molecule has 0 spiro atoms. The molecule has 0 amide bonds. The lowest BCUT2D eigenvalue weighted by atomic mass is 10.1. The molecule has 186 valence electrons. The molecule has 1 aromatic heterocycles. The van der Waals surface area contributed by atoms with Crippen molar-refractivity contribution in [3.63, 3.8) is 0 Å². The SMILES string of the molecule is CCCCCCCC/C=C\CCCCCCCC(=O)OCC1COC(C)(c2cnccn2)O1. The van der Waals surface area contributed by atoms with Gasteiger partial charge in [0.25, 0.3) is 0 Å². The van der Waals surface area contributed by atoms with Gasteiger partial charge in [-0.05, 0) is 39.0 Å². The second-order valence-corrected chi connectivity index (χ2v) is 9.10. The molecule has 6 nitrogen and oxygen atoms in total. The number of esters is 1. The maximum absolute atomic E-state index is 12.0. The number of carbonyl (C=O) groups excluding carboxylic acids is 1. The van der Waals surface area contributed by atoms with Gasteiger partial charge in [-0.25, -0.2) is 0 Å². The van der Waals surface area contributed by atoms with Crippen molar-refractivity contribution in [2.45, 2.75) is 116 Å². The van der Waals surface area contributed by atoms with Crippen molar-refractivity contribution in [2.75, 3.05) is 13.2 Å². The van der Waals surface area contributed by atoms with Gasteiger partial charge in [0.15, 0.2) is 0 Å².